The lowest BCUT2D eigenvalue weighted by molar-refractivity contribution is -0.131. The molecule has 0 radical (unpaired) electrons. The van der Waals surface area contributed by atoms with Crippen LogP contribution in [0, 0.1) is 5.82 Å². The lowest BCUT2D eigenvalue weighted by Crippen LogP contribution is -1.87. The average Bonchev–Trinajstić information content (AvgIpc) is 3.10. The molecule has 0 aliphatic rings. The number of carbonyl (C=O) groups is 1. The molecule has 0 saturated carbocycles. The molecule has 0 unspecified atom stereocenters. The van der Waals surface area contributed by atoms with Crippen molar-refractivity contribution in [2.24, 2.45) is 0 Å². The second kappa shape index (κ2) is 7.88. The molecule has 30 heavy (non-hydrogen) atoms. The molecule has 0 aliphatic carbocycles. The fourth-order valence-electron chi connectivity index (χ4n) is 2.93. The fraction of sp³-hybridized carbons (Fsp3) is 0. The monoisotopic (exact) mass is 422 g/mol. The minimum atomic E-state index is -1.04. The van der Waals surface area contributed by atoms with Gasteiger partial charge in [-0.3, -0.25) is 0 Å². The molecule has 0 fully saturated rings. The number of hydrogen-bond acceptors (Lipinski definition) is 5. The van der Waals surface area contributed by atoms with Crippen LogP contribution in [0.5, 0.6) is 23.0 Å². The van der Waals surface area contributed by atoms with Crippen LogP contribution in [0.3, 0.4) is 0 Å². The van der Waals surface area contributed by atoms with Gasteiger partial charge in [-0.2, -0.15) is 0 Å². The predicted molar refractivity (Wildman–Crippen MR) is 114 cm³/mol. The molecule has 3 N–H and O–H groups in total. The Morgan fingerprint density at radius 3 is 2.33 bits per heavy atom. The number of phenols is 2. The van der Waals surface area contributed by atoms with E-state index in [-0.39, 0.29) is 10.4 Å². The molecular weight excluding hydrogens is 407 g/mol. The zero-order valence-electron chi connectivity index (χ0n) is 15.4. The number of benzene rings is 3. The summed E-state index contributed by atoms with van der Waals surface area (Å²) in [5, 5.41) is 28.5. The van der Waals surface area contributed by atoms with Gasteiger partial charge in [0.25, 0.3) is 0 Å². The number of aromatic hydroxyl groups is 2. The lowest BCUT2D eigenvalue weighted by atomic mass is 10.1. The number of carboxylic acid groups (broad SMARTS) is 1. The minimum Gasteiger partial charge on any atom is -0.508 e. The summed E-state index contributed by atoms with van der Waals surface area (Å²) in [6.45, 7) is 0. The second-order valence-corrected chi connectivity index (χ2v) is 7.45. The number of carboxylic acids is 1. The van der Waals surface area contributed by atoms with Gasteiger partial charge >= 0.3 is 5.97 Å². The highest BCUT2D eigenvalue weighted by Crippen LogP contribution is 2.48. The van der Waals surface area contributed by atoms with Gasteiger partial charge in [-0.25, -0.2) is 9.18 Å². The van der Waals surface area contributed by atoms with Crippen LogP contribution in [0.25, 0.3) is 26.6 Å². The Kier molecular flexibility index (Phi) is 5.12. The smallest absolute Gasteiger partial charge is 0.328 e. The maximum atomic E-state index is 14.5. The van der Waals surface area contributed by atoms with E-state index in [2.05, 4.69) is 0 Å². The molecule has 0 saturated heterocycles. The number of halogens is 1. The summed E-state index contributed by atoms with van der Waals surface area (Å²) < 4.78 is 20.9. The summed E-state index contributed by atoms with van der Waals surface area (Å²) in [5.41, 5.74) is 1.42. The molecule has 4 rings (SSSR count). The van der Waals surface area contributed by atoms with Gasteiger partial charge in [-0.1, -0.05) is 12.1 Å². The van der Waals surface area contributed by atoms with Crippen molar-refractivity contribution in [2.45, 2.75) is 0 Å². The van der Waals surface area contributed by atoms with Crippen LogP contribution in [-0.4, -0.2) is 21.3 Å². The van der Waals surface area contributed by atoms with Gasteiger partial charge in [0.1, 0.15) is 11.5 Å². The summed E-state index contributed by atoms with van der Waals surface area (Å²) in [4.78, 5) is 11.3. The van der Waals surface area contributed by atoms with Crippen LogP contribution in [0.4, 0.5) is 4.39 Å². The molecular formula is C23H15FO5S. The summed E-state index contributed by atoms with van der Waals surface area (Å²) in [6, 6.07) is 16.1. The third-order valence-electron chi connectivity index (χ3n) is 4.38. The van der Waals surface area contributed by atoms with E-state index in [1.54, 1.807) is 42.5 Å². The lowest BCUT2D eigenvalue weighted by Gasteiger charge is -2.09. The molecule has 0 aliphatic heterocycles. The van der Waals surface area contributed by atoms with Crippen LogP contribution in [0.15, 0.2) is 66.7 Å². The Labute approximate surface area is 174 Å². The van der Waals surface area contributed by atoms with Gasteiger partial charge in [-0.15, -0.1) is 11.3 Å². The van der Waals surface area contributed by atoms with Crippen molar-refractivity contribution in [1.82, 2.24) is 0 Å². The van der Waals surface area contributed by atoms with Crippen LogP contribution < -0.4 is 4.74 Å². The van der Waals surface area contributed by atoms with E-state index in [4.69, 9.17) is 9.84 Å². The molecule has 0 atom stereocenters. The van der Waals surface area contributed by atoms with E-state index < -0.39 is 17.5 Å². The normalized spacial score (nSPS) is 11.2. The quantitative estimate of drug-likeness (QED) is 0.343. The first-order valence-electron chi connectivity index (χ1n) is 8.84. The van der Waals surface area contributed by atoms with Gasteiger partial charge in [0, 0.05) is 11.5 Å². The van der Waals surface area contributed by atoms with Gasteiger partial charge in [0.05, 0.1) is 9.58 Å². The van der Waals surface area contributed by atoms with Gasteiger partial charge in [-0.05, 0) is 65.7 Å². The Morgan fingerprint density at radius 1 is 0.967 bits per heavy atom. The van der Waals surface area contributed by atoms with Crippen molar-refractivity contribution in [3.05, 3.63) is 78.1 Å². The second-order valence-electron chi connectivity index (χ2n) is 6.43. The van der Waals surface area contributed by atoms with Crippen LogP contribution in [0.1, 0.15) is 5.56 Å². The maximum absolute atomic E-state index is 14.5. The van der Waals surface area contributed by atoms with Crippen molar-refractivity contribution in [3.63, 3.8) is 0 Å². The first-order chi connectivity index (χ1) is 14.4. The number of fused-ring (bicyclic) bond motifs is 1. The Hall–Kier alpha value is -3.84. The van der Waals surface area contributed by atoms with E-state index in [1.165, 1.54) is 24.3 Å². The van der Waals surface area contributed by atoms with Gasteiger partial charge in [0.15, 0.2) is 17.3 Å². The van der Waals surface area contributed by atoms with Crippen LogP contribution in [-0.2, 0) is 4.79 Å². The fourth-order valence-corrected chi connectivity index (χ4v) is 4.10. The first-order valence-corrected chi connectivity index (χ1v) is 9.66. The molecule has 150 valence electrons. The van der Waals surface area contributed by atoms with E-state index in [0.717, 1.165) is 23.0 Å². The van der Waals surface area contributed by atoms with Crippen LogP contribution >= 0.6 is 11.3 Å². The van der Waals surface area contributed by atoms with E-state index in [9.17, 15) is 19.4 Å². The Bertz CT molecular complexity index is 1260. The molecule has 0 spiro atoms. The van der Waals surface area contributed by atoms with Crippen molar-refractivity contribution >= 4 is 33.5 Å². The number of ether oxygens (including phenoxy) is 1. The molecule has 3 aromatic carbocycles. The third-order valence-corrected chi connectivity index (χ3v) is 5.61. The molecule has 1 heterocycles. The molecule has 7 heteroatoms. The summed E-state index contributed by atoms with van der Waals surface area (Å²) in [6.07, 6.45) is 2.51. The highest BCUT2D eigenvalue weighted by Gasteiger charge is 2.20. The van der Waals surface area contributed by atoms with E-state index in [0.29, 0.717) is 27.3 Å². The standard InChI is InChI=1S/C23H15FO5S/c24-20-18(26)11-10-17-21(22(30-23(17)20)14-4-6-15(25)7-5-14)29-16-8-1-13(2-9-16)3-12-19(27)28/h1-12,25-26H,(H,27,28). The number of rotatable bonds is 5. The Balaban J connectivity index is 1.79. The minimum absolute atomic E-state index is 0.108. The zero-order valence-corrected chi connectivity index (χ0v) is 16.2. The number of aliphatic carboxylic acids is 1. The third kappa shape index (κ3) is 3.83. The maximum Gasteiger partial charge on any atom is 0.328 e. The molecule has 0 amide bonds. The van der Waals surface area contributed by atoms with Crippen molar-refractivity contribution in [1.29, 1.82) is 0 Å². The molecule has 4 aromatic rings. The highest BCUT2D eigenvalue weighted by molar-refractivity contribution is 7.22. The first kappa shape index (κ1) is 19.5. The Morgan fingerprint density at radius 2 is 1.67 bits per heavy atom. The SMILES string of the molecule is O=C(O)C=Cc1ccc(Oc2c(-c3ccc(O)cc3)sc3c(F)c(O)ccc23)cc1. The largest absolute Gasteiger partial charge is 0.508 e. The number of hydrogen-bond donors (Lipinski definition) is 3. The number of thiophene rings is 1. The summed E-state index contributed by atoms with van der Waals surface area (Å²) >= 11 is 1.14. The zero-order chi connectivity index (χ0) is 21.3. The topological polar surface area (TPSA) is 87.0 Å². The molecule has 1 aromatic heterocycles. The van der Waals surface area contributed by atoms with Crippen molar-refractivity contribution < 1.29 is 29.2 Å². The van der Waals surface area contributed by atoms with E-state index >= 15 is 0 Å². The number of phenolic OH excluding ortho intramolecular Hbond substituents is 2. The van der Waals surface area contributed by atoms with Gasteiger partial charge in [0.2, 0.25) is 0 Å². The van der Waals surface area contributed by atoms with Crippen LogP contribution in [0.2, 0.25) is 0 Å². The van der Waals surface area contributed by atoms with E-state index in [1.807, 2.05) is 0 Å². The highest BCUT2D eigenvalue weighted by atomic mass is 32.1. The van der Waals surface area contributed by atoms with Crippen molar-refractivity contribution in [3.8, 4) is 33.4 Å². The summed E-state index contributed by atoms with van der Waals surface area (Å²) in [7, 11) is 0. The molecule has 5 nitrogen and oxygen atoms in total. The molecule has 0 bridgehead atoms. The summed E-state index contributed by atoms with van der Waals surface area (Å²) in [5.74, 6) is -1.19. The van der Waals surface area contributed by atoms with Gasteiger partial charge < -0.3 is 20.1 Å². The average molecular weight is 422 g/mol. The predicted octanol–water partition coefficient (Wildman–Crippen LogP) is 6.01. The van der Waals surface area contributed by atoms with Crippen molar-refractivity contribution in [2.75, 3.05) is 0 Å².